The lowest BCUT2D eigenvalue weighted by Crippen LogP contribution is -2.48. The molecule has 1 saturated carbocycles. The Hall–Kier alpha value is 0.394. The third-order valence-corrected chi connectivity index (χ3v) is 11.7. The highest BCUT2D eigenvalue weighted by Gasteiger charge is 2.40. The summed E-state index contributed by atoms with van der Waals surface area (Å²) in [6, 6.07) is 1.31. The second-order valence-corrected chi connectivity index (χ2v) is 15.4. The molecule has 1 rings (SSSR count). The van der Waals surface area contributed by atoms with Gasteiger partial charge in [-0.25, -0.2) is 0 Å². The van der Waals surface area contributed by atoms with E-state index in [1.165, 1.54) is 38.1 Å². The molecule has 0 heterocycles. The number of rotatable bonds is 4. The molecule has 3 heteroatoms. The molecule has 0 amide bonds. The van der Waals surface area contributed by atoms with Crippen LogP contribution in [-0.4, -0.2) is 16.6 Å². The molecule has 1 aliphatic rings. The molecule has 1 atom stereocenters. The molecule has 0 saturated heterocycles. The Morgan fingerprint density at radius 2 is 1.53 bits per heavy atom. The highest BCUT2D eigenvalue weighted by molar-refractivity contribution is 6.85. The average Bonchev–Trinajstić information content (AvgIpc) is 2.16. The van der Waals surface area contributed by atoms with Crippen molar-refractivity contribution in [3.05, 3.63) is 0 Å². The van der Waals surface area contributed by atoms with Gasteiger partial charge in [-0.2, -0.15) is 0 Å². The Morgan fingerprint density at radius 3 is 1.93 bits per heavy atom. The van der Waals surface area contributed by atoms with Gasteiger partial charge >= 0.3 is 0 Å². The summed E-state index contributed by atoms with van der Waals surface area (Å²) >= 11 is 0. The standard InChI is InChI=1S/C12H28OSi2/c1-6-15(5,13-14(2,3)4)12-10-8-7-9-11-12/h12H,6-11H2,1-5H3. The third kappa shape index (κ3) is 4.04. The largest absolute Gasteiger partial charge is 0.455 e. The monoisotopic (exact) mass is 244 g/mol. The van der Waals surface area contributed by atoms with Gasteiger partial charge in [0.2, 0.25) is 0 Å². The van der Waals surface area contributed by atoms with Crippen LogP contribution >= 0.6 is 0 Å². The van der Waals surface area contributed by atoms with Crippen molar-refractivity contribution >= 4 is 16.6 Å². The normalized spacial score (nSPS) is 23.8. The van der Waals surface area contributed by atoms with Crippen LogP contribution in [0.1, 0.15) is 39.0 Å². The summed E-state index contributed by atoms with van der Waals surface area (Å²) in [6.07, 6.45) is 7.24. The van der Waals surface area contributed by atoms with Crippen molar-refractivity contribution in [2.45, 2.75) is 76.8 Å². The topological polar surface area (TPSA) is 9.23 Å². The van der Waals surface area contributed by atoms with Crippen molar-refractivity contribution in [2.24, 2.45) is 0 Å². The maximum Gasteiger partial charge on any atom is 0.179 e. The highest BCUT2D eigenvalue weighted by atomic mass is 28.4. The van der Waals surface area contributed by atoms with Gasteiger partial charge in [-0.05, 0) is 37.8 Å². The smallest absolute Gasteiger partial charge is 0.179 e. The molecule has 0 aromatic carbocycles. The predicted octanol–water partition coefficient (Wildman–Crippen LogP) is 4.77. The zero-order valence-electron chi connectivity index (χ0n) is 11.2. The van der Waals surface area contributed by atoms with Crippen molar-refractivity contribution in [3.63, 3.8) is 0 Å². The van der Waals surface area contributed by atoms with Crippen LogP contribution in [-0.2, 0) is 4.12 Å². The zero-order valence-corrected chi connectivity index (χ0v) is 13.2. The van der Waals surface area contributed by atoms with E-state index >= 15 is 0 Å². The molecular formula is C12H28OSi2. The van der Waals surface area contributed by atoms with E-state index in [1.54, 1.807) is 0 Å². The molecule has 0 radical (unpaired) electrons. The van der Waals surface area contributed by atoms with Crippen LogP contribution in [0.25, 0.3) is 0 Å². The van der Waals surface area contributed by atoms with Crippen molar-refractivity contribution in [1.29, 1.82) is 0 Å². The second kappa shape index (κ2) is 5.15. The molecule has 0 aromatic rings. The molecule has 90 valence electrons. The summed E-state index contributed by atoms with van der Waals surface area (Å²) in [5, 5.41) is 0. The molecule has 0 spiro atoms. The highest BCUT2D eigenvalue weighted by Crippen LogP contribution is 2.40. The van der Waals surface area contributed by atoms with Gasteiger partial charge in [0.1, 0.15) is 0 Å². The first-order chi connectivity index (χ1) is 6.87. The maximum absolute atomic E-state index is 6.59. The Balaban J connectivity index is 2.65. The van der Waals surface area contributed by atoms with Gasteiger partial charge in [0.15, 0.2) is 16.6 Å². The minimum atomic E-state index is -1.40. The van der Waals surface area contributed by atoms with E-state index in [-0.39, 0.29) is 0 Å². The van der Waals surface area contributed by atoms with Gasteiger partial charge in [-0.1, -0.05) is 39.0 Å². The summed E-state index contributed by atoms with van der Waals surface area (Å²) in [7, 11) is -2.73. The van der Waals surface area contributed by atoms with Gasteiger partial charge in [0, 0.05) is 0 Å². The van der Waals surface area contributed by atoms with Crippen LogP contribution in [0.4, 0.5) is 0 Å². The van der Waals surface area contributed by atoms with Crippen molar-refractivity contribution < 1.29 is 4.12 Å². The fourth-order valence-corrected chi connectivity index (χ4v) is 11.9. The van der Waals surface area contributed by atoms with Gasteiger partial charge in [0.05, 0.1) is 0 Å². The van der Waals surface area contributed by atoms with E-state index in [2.05, 4.69) is 33.1 Å². The molecule has 1 aliphatic carbocycles. The van der Waals surface area contributed by atoms with Crippen LogP contribution < -0.4 is 0 Å². The first kappa shape index (κ1) is 13.5. The van der Waals surface area contributed by atoms with Gasteiger partial charge in [0.25, 0.3) is 0 Å². The lowest BCUT2D eigenvalue weighted by Gasteiger charge is -2.41. The van der Waals surface area contributed by atoms with Gasteiger partial charge in [-0.3, -0.25) is 0 Å². The van der Waals surface area contributed by atoms with Crippen LogP contribution in [0.3, 0.4) is 0 Å². The summed E-state index contributed by atoms with van der Waals surface area (Å²) < 4.78 is 6.59. The van der Waals surface area contributed by atoms with E-state index in [0.29, 0.717) is 0 Å². The molecule has 0 aliphatic heterocycles. The lowest BCUT2D eigenvalue weighted by molar-refractivity contribution is 0.433. The van der Waals surface area contributed by atoms with Gasteiger partial charge < -0.3 is 4.12 Å². The number of hydrogen-bond donors (Lipinski definition) is 0. The fraction of sp³-hybridized carbons (Fsp3) is 1.00. The predicted molar refractivity (Wildman–Crippen MR) is 73.4 cm³/mol. The molecule has 15 heavy (non-hydrogen) atoms. The maximum atomic E-state index is 6.59. The fourth-order valence-electron chi connectivity index (χ4n) is 2.86. The minimum Gasteiger partial charge on any atom is -0.455 e. The molecule has 1 fully saturated rings. The van der Waals surface area contributed by atoms with E-state index in [9.17, 15) is 0 Å². The molecule has 0 aromatic heterocycles. The molecular weight excluding hydrogens is 216 g/mol. The molecule has 0 N–H and O–H groups in total. The average molecular weight is 245 g/mol. The molecule has 0 bridgehead atoms. The van der Waals surface area contributed by atoms with E-state index in [4.69, 9.17) is 4.12 Å². The summed E-state index contributed by atoms with van der Waals surface area (Å²) in [5.41, 5.74) is 0.947. The Labute approximate surface area is 97.9 Å². The van der Waals surface area contributed by atoms with Crippen molar-refractivity contribution in [2.75, 3.05) is 0 Å². The molecule has 1 nitrogen and oxygen atoms in total. The Bertz CT molecular complexity index is 194. The minimum absolute atomic E-state index is 0.947. The Kier molecular flexibility index (Phi) is 4.62. The van der Waals surface area contributed by atoms with E-state index in [0.717, 1.165) is 5.54 Å². The number of hydrogen-bond acceptors (Lipinski definition) is 1. The van der Waals surface area contributed by atoms with Crippen LogP contribution in [0, 0.1) is 0 Å². The summed E-state index contributed by atoms with van der Waals surface area (Å²) in [6.45, 7) is 11.9. The third-order valence-electron chi connectivity index (χ3n) is 3.71. The first-order valence-corrected chi connectivity index (χ1v) is 12.7. The zero-order chi connectivity index (χ0) is 11.5. The van der Waals surface area contributed by atoms with Crippen molar-refractivity contribution in [3.8, 4) is 0 Å². The van der Waals surface area contributed by atoms with Crippen LogP contribution in [0.2, 0.25) is 37.8 Å². The van der Waals surface area contributed by atoms with Crippen LogP contribution in [0.15, 0.2) is 0 Å². The second-order valence-electron chi connectivity index (χ2n) is 6.22. The van der Waals surface area contributed by atoms with Crippen LogP contribution in [0.5, 0.6) is 0 Å². The summed E-state index contributed by atoms with van der Waals surface area (Å²) in [5.74, 6) is 0. The lowest BCUT2D eigenvalue weighted by atomic mass is 10.0. The van der Waals surface area contributed by atoms with E-state index < -0.39 is 16.6 Å². The van der Waals surface area contributed by atoms with E-state index in [1.807, 2.05) is 0 Å². The first-order valence-electron chi connectivity index (χ1n) is 6.57. The van der Waals surface area contributed by atoms with Gasteiger partial charge in [-0.15, -0.1) is 0 Å². The summed E-state index contributed by atoms with van der Waals surface area (Å²) in [4.78, 5) is 0. The molecule has 1 unspecified atom stereocenters. The quantitative estimate of drug-likeness (QED) is 0.648. The SMILES string of the molecule is CC[Si](C)(O[Si](C)(C)C)C1CCCCC1. The Morgan fingerprint density at radius 1 is 1.00 bits per heavy atom. The van der Waals surface area contributed by atoms with Crippen molar-refractivity contribution in [1.82, 2.24) is 0 Å².